The number of hydrogen-bond donors (Lipinski definition) is 0. The molecule has 1 heterocycles. The standard InChI is InChI=1S/C5H7N3/c1-5-3-4-6-7-8(5)2/h4H,1-2H3. The molecule has 0 aromatic carbocycles. The van der Waals surface area contributed by atoms with E-state index in [0.717, 1.165) is 5.70 Å². The molecule has 0 aliphatic carbocycles. The Balaban J connectivity index is 2.89. The van der Waals surface area contributed by atoms with Gasteiger partial charge < -0.3 is 0 Å². The molecular formula is C5H7N3. The lowest BCUT2D eigenvalue weighted by atomic mass is 10.5. The summed E-state index contributed by atoms with van der Waals surface area (Å²) >= 11 is 0. The molecule has 0 aromatic rings. The third-order valence-corrected chi connectivity index (χ3v) is 1.00. The molecule has 0 saturated carbocycles. The molecule has 0 unspecified atom stereocenters. The van der Waals surface area contributed by atoms with Crippen molar-refractivity contribution in [1.29, 1.82) is 0 Å². The molecule has 0 N–H and O–H groups in total. The van der Waals surface area contributed by atoms with Crippen LogP contribution in [0.5, 0.6) is 0 Å². The predicted molar refractivity (Wildman–Crippen MR) is 29.9 cm³/mol. The average Bonchev–Trinajstić information content (AvgIpc) is 1.77. The summed E-state index contributed by atoms with van der Waals surface area (Å²) in [6, 6.07) is 0. The van der Waals surface area contributed by atoms with Crippen LogP contribution in [0, 0.1) is 0 Å². The van der Waals surface area contributed by atoms with Gasteiger partial charge in [-0.25, -0.2) is 5.01 Å². The zero-order valence-corrected chi connectivity index (χ0v) is 4.92. The first-order valence-electron chi connectivity index (χ1n) is 2.37. The van der Waals surface area contributed by atoms with Gasteiger partial charge in [0.2, 0.25) is 0 Å². The maximum atomic E-state index is 3.71. The van der Waals surface area contributed by atoms with E-state index < -0.39 is 0 Å². The smallest absolute Gasteiger partial charge is 0.0950 e. The molecule has 3 nitrogen and oxygen atoms in total. The second kappa shape index (κ2) is 1.80. The topological polar surface area (TPSA) is 28.0 Å². The molecule has 0 bridgehead atoms. The minimum absolute atomic E-state index is 0.986. The van der Waals surface area contributed by atoms with Crippen molar-refractivity contribution >= 4 is 0 Å². The highest BCUT2D eigenvalue weighted by Crippen LogP contribution is 2.02. The molecule has 1 aliphatic rings. The fourth-order valence-electron chi connectivity index (χ4n) is 0.386. The summed E-state index contributed by atoms with van der Waals surface area (Å²) in [5, 5.41) is 8.98. The lowest BCUT2D eigenvalue weighted by Crippen LogP contribution is -2.06. The lowest BCUT2D eigenvalue weighted by Gasteiger charge is -2.09. The summed E-state index contributed by atoms with van der Waals surface area (Å²) in [5.41, 5.74) is 3.88. The van der Waals surface area contributed by atoms with E-state index in [-0.39, 0.29) is 0 Å². The molecule has 0 radical (unpaired) electrons. The van der Waals surface area contributed by atoms with Crippen LogP contribution in [0.2, 0.25) is 0 Å². The molecule has 0 amide bonds. The van der Waals surface area contributed by atoms with Crippen molar-refractivity contribution in [3.8, 4) is 0 Å². The van der Waals surface area contributed by atoms with Crippen LogP contribution in [0.4, 0.5) is 0 Å². The SMILES string of the molecule is CC1=C=CN=NN1C. The summed E-state index contributed by atoms with van der Waals surface area (Å²) in [5.74, 6) is 0. The fourth-order valence-corrected chi connectivity index (χ4v) is 0.386. The molecule has 0 spiro atoms. The quantitative estimate of drug-likeness (QED) is 0.431. The Morgan fingerprint density at radius 1 is 1.75 bits per heavy atom. The second-order valence-electron chi connectivity index (χ2n) is 1.59. The van der Waals surface area contributed by atoms with Crippen molar-refractivity contribution < 1.29 is 0 Å². The van der Waals surface area contributed by atoms with E-state index in [2.05, 4.69) is 16.1 Å². The van der Waals surface area contributed by atoms with Crippen LogP contribution in [0.25, 0.3) is 0 Å². The van der Waals surface area contributed by atoms with Crippen molar-refractivity contribution in [2.24, 2.45) is 10.3 Å². The molecule has 0 aromatic heterocycles. The number of rotatable bonds is 0. The van der Waals surface area contributed by atoms with Gasteiger partial charge in [-0.2, -0.15) is 0 Å². The second-order valence-corrected chi connectivity index (χ2v) is 1.59. The highest BCUT2D eigenvalue weighted by molar-refractivity contribution is 4.96. The van der Waals surface area contributed by atoms with Crippen LogP contribution >= 0.6 is 0 Å². The van der Waals surface area contributed by atoms with E-state index >= 15 is 0 Å². The summed E-state index contributed by atoms with van der Waals surface area (Å²) in [6.07, 6.45) is 1.55. The molecule has 0 saturated heterocycles. The fraction of sp³-hybridized carbons (Fsp3) is 0.400. The van der Waals surface area contributed by atoms with Crippen molar-refractivity contribution in [3.63, 3.8) is 0 Å². The van der Waals surface area contributed by atoms with Crippen molar-refractivity contribution in [1.82, 2.24) is 5.01 Å². The van der Waals surface area contributed by atoms with Gasteiger partial charge in [-0.15, -0.1) is 5.11 Å². The monoisotopic (exact) mass is 109 g/mol. The minimum atomic E-state index is 0.986. The zero-order chi connectivity index (χ0) is 5.98. The van der Waals surface area contributed by atoms with Gasteiger partial charge in [-0.05, 0) is 6.92 Å². The molecular weight excluding hydrogens is 102 g/mol. The minimum Gasteiger partial charge on any atom is -0.247 e. The Kier molecular flexibility index (Phi) is 1.14. The van der Waals surface area contributed by atoms with E-state index in [1.807, 2.05) is 14.0 Å². The first kappa shape index (κ1) is 5.06. The van der Waals surface area contributed by atoms with Gasteiger partial charge in [0.15, 0.2) is 0 Å². The molecule has 1 rings (SSSR count). The normalized spacial score (nSPS) is 16.8. The summed E-state index contributed by atoms with van der Waals surface area (Å²) < 4.78 is 0. The van der Waals surface area contributed by atoms with Crippen LogP contribution in [0.1, 0.15) is 6.92 Å². The molecule has 0 atom stereocenters. The molecule has 42 valence electrons. The molecule has 0 fully saturated rings. The Morgan fingerprint density at radius 3 is 2.88 bits per heavy atom. The third-order valence-electron chi connectivity index (χ3n) is 1.00. The van der Waals surface area contributed by atoms with Crippen LogP contribution in [0.3, 0.4) is 0 Å². The van der Waals surface area contributed by atoms with Gasteiger partial charge in [0.25, 0.3) is 0 Å². The van der Waals surface area contributed by atoms with E-state index in [9.17, 15) is 0 Å². The summed E-state index contributed by atoms with van der Waals surface area (Å²) in [4.78, 5) is 0. The van der Waals surface area contributed by atoms with Gasteiger partial charge in [-0.1, -0.05) is 11.0 Å². The van der Waals surface area contributed by atoms with Crippen molar-refractivity contribution in [3.05, 3.63) is 17.6 Å². The lowest BCUT2D eigenvalue weighted by molar-refractivity contribution is 0.412. The largest absolute Gasteiger partial charge is 0.247 e. The zero-order valence-electron chi connectivity index (χ0n) is 4.92. The number of hydrogen-bond acceptors (Lipinski definition) is 3. The predicted octanol–water partition coefficient (Wildman–Crippen LogP) is 1.32. The van der Waals surface area contributed by atoms with E-state index in [0.29, 0.717) is 0 Å². The van der Waals surface area contributed by atoms with Crippen molar-refractivity contribution in [2.45, 2.75) is 6.92 Å². The Hall–Kier alpha value is -1.08. The highest BCUT2D eigenvalue weighted by Gasteiger charge is 1.94. The van der Waals surface area contributed by atoms with E-state index in [1.165, 1.54) is 0 Å². The Morgan fingerprint density at radius 2 is 2.50 bits per heavy atom. The highest BCUT2D eigenvalue weighted by atomic mass is 15.5. The van der Waals surface area contributed by atoms with Crippen LogP contribution < -0.4 is 0 Å². The van der Waals surface area contributed by atoms with E-state index in [4.69, 9.17) is 0 Å². The van der Waals surface area contributed by atoms with E-state index in [1.54, 1.807) is 11.2 Å². The van der Waals surface area contributed by atoms with Crippen LogP contribution in [-0.2, 0) is 0 Å². The molecule has 8 heavy (non-hydrogen) atoms. The van der Waals surface area contributed by atoms with Gasteiger partial charge >= 0.3 is 0 Å². The van der Waals surface area contributed by atoms with Crippen LogP contribution in [0.15, 0.2) is 28.0 Å². The number of nitrogens with zero attached hydrogens (tertiary/aromatic N) is 3. The summed E-state index contributed by atoms with van der Waals surface area (Å²) in [7, 11) is 1.83. The Labute approximate surface area is 48.0 Å². The van der Waals surface area contributed by atoms with Gasteiger partial charge in [-0.3, -0.25) is 0 Å². The van der Waals surface area contributed by atoms with Gasteiger partial charge in [0.1, 0.15) is 0 Å². The molecule has 1 aliphatic heterocycles. The molecule has 3 heteroatoms. The Bertz CT molecular complexity index is 174. The first-order chi connectivity index (χ1) is 3.80. The maximum Gasteiger partial charge on any atom is 0.0950 e. The summed E-state index contributed by atoms with van der Waals surface area (Å²) in [6.45, 7) is 1.93. The maximum absolute atomic E-state index is 3.71. The van der Waals surface area contributed by atoms with Crippen LogP contribution in [-0.4, -0.2) is 12.1 Å². The van der Waals surface area contributed by atoms with Gasteiger partial charge in [0, 0.05) is 7.05 Å². The van der Waals surface area contributed by atoms with Gasteiger partial charge in [0.05, 0.1) is 11.9 Å². The average molecular weight is 109 g/mol. The third kappa shape index (κ3) is 0.768. The van der Waals surface area contributed by atoms with Crippen molar-refractivity contribution in [2.75, 3.05) is 7.05 Å². The first-order valence-corrected chi connectivity index (χ1v) is 2.37. The number of allylic oxidation sites excluding steroid dienone is 1.